The lowest BCUT2D eigenvalue weighted by atomic mass is 9.46. The number of ether oxygens (including phenoxy) is 3. The van der Waals surface area contributed by atoms with E-state index in [1.807, 2.05) is 19.9 Å². The number of fused-ring (bicyclic) bond motifs is 7. The van der Waals surface area contributed by atoms with Gasteiger partial charge in [-0.15, -0.1) is 0 Å². The normalized spacial score (nSPS) is 40.7. The second-order valence-electron chi connectivity index (χ2n) is 13.1. The first-order chi connectivity index (χ1) is 19.6. The van der Waals surface area contributed by atoms with Gasteiger partial charge in [-0.25, -0.2) is 4.79 Å². The van der Waals surface area contributed by atoms with E-state index in [0.29, 0.717) is 38.9 Å². The molecule has 4 aliphatic carbocycles. The molecule has 1 aliphatic heterocycles. The molecule has 0 spiro atoms. The number of nitrogens with zero attached hydrogens (tertiary/aromatic N) is 1. The van der Waals surface area contributed by atoms with Crippen LogP contribution in [0.3, 0.4) is 0 Å². The first kappa shape index (κ1) is 30.4. The average Bonchev–Trinajstić information content (AvgIpc) is 3.42. The first-order valence-electron chi connectivity index (χ1n) is 15.7. The summed E-state index contributed by atoms with van der Waals surface area (Å²) in [7, 11) is 0. The van der Waals surface area contributed by atoms with Crippen LogP contribution in [0, 0.1) is 28.6 Å². The molecule has 0 aromatic rings. The largest absolute Gasteiger partial charge is 0.441 e. The fourth-order valence-corrected chi connectivity index (χ4v) is 9.10. The predicted octanol–water partition coefficient (Wildman–Crippen LogP) is 3.79. The number of rotatable bonds is 10. The molecule has 228 valence electrons. The van der Waals surface area contributed by atoms with Crippen molar-refractivity contribution in [1.29, 1.82) is 0 Å². The molecule has 0 aromatic carbocycles. The Morgan fingerprint density at radius 2 is 2.02 bits per heavy atom. The van der Waals surface area contributed by atoms with Gasteiger partial charge in [-0.05, 0) is 69.6 Å². The van der Waals surface area contributed by atoms with Crippen LogP contribution in [-0.2, 0) is 23.8 Å². The highest BCUT2D eigenvalue weighted by Crippen LogP contribution is 2.69. The molecule has 5 aliphatic rings. The quantitative estimate of drug-likeness (QED) is 0.380. The van der Waals surface area contributed by atoms with Crippen molar-refractivity contribution in [2.24, 2.45) is 28.6 Å². The molecule has 3 saturated carbocycles. The summed E-state index contributed by atoms with van der Waals surface area (Å²) in [5, 5.41) is 15.1. The van der Waals surface area contributed by atoms with Gasteiger partial charge in [0.05, 0.1) is 12.2 Å². The maximum Gasteiger partial charge on any atom is 0.410 e. The Kier molecular flexibility index (Phi) is 8.56. The summed E-state index contributed by atoms with van der Waals surface area (Å²) >= 11 is 0. The van der Waals surface area contributed by atoms with Gasteiger partial charge in [0.25, 0.3) is 0 Å². The van der Waals surface area contributed by atoms with Crippen molar-refractivity contribution < 1.29 is 33.7 Å². The van der Waals surface area contributed by atoms with E-state index in [0.717, 1.165) is 31.4 Å². The van der Waals surface area contributed by atoms with Crippen LogP contribution in [0.4, 0.5) is 4.79 Å². The van der Waals surface area contributed by atoms with Gasteiger partial charge >= 0.3 is 6.09 Å². The number of Topliss-reactive ketones (excluding diaryl/α,β-unsaturated/α-hetero) is 1. The number of carbonyl (C=O) groups is 3. The van der Waals surface area contributed by atoms with Gasteiger partial charge < -0.3 is 29.5 Å². The third kappa shape index (κ3) is 4.81. The van der Waals surface area contributed by atoms with Crippen LogP contribution in [0.15, 0.2) is 23.8 Å². The number of hydrogen-bond donors (Lipinski definition) is 2. The van der Waals surface area contributed by atoms with Gasteiger partial charge in [0, 0.05) is 36.4 Å². The Morgan fingerprint density at radius 3 is 2.73 bits per heavy atom. The molecule has 2 N–H and O–H groups in total. The smallest absolute Gasteiger partial charge is 0.410 e. The van der Waals surface area contributed by atoms with Crippen LogP contribution >= 0.6 is 0 Å². The first-order valence-corrected chi connectivity index (χ1v) is 15.7. The predicted molar refractivity (Wildman–Crippen MR) is 153 cm³/mol. The zero-order chi connectivity index (χ0) is 29.6. The fourth-order valence-electron chi connectivity index (χ4n) is 9.10. The lowest BCUT2D eigenvalue weighted by Gasteiger charge is -2.59. The highest BCUT2D eigenvalue weighted by atomic mass is 16.7. The summed E-state index contributed by atoms with van der Waals surface area (Å²) in [4.78, 5) is 40.9. The molecule has 4 fully saturated rings. The van der Waals surface area contributed by atoms with Gasteiger partial charge in [-0.2, -0.15) is 0 Å². The van der Waals surface area contributed by atoms with E-state index in [2.05, 4.69) is 26.1 Å². The minimum absolute atomic E-state index is 0.00703. The second kappa shape index (κ2) is 11.5. The maximum absolute atomic E-state index is 14.3. The number of carbonyl (C=O) groups excluding carboxylic acids is 3. The molecule has 0 aromatic heterocycles. The molecule has 9 atom stereocenters. The molecule has 1 heterocycles. The van der Waals surface area contributed by atoms with Gasteiger partial charge in [-0.1, -0.05) is 45.8 Å². The summed E-state index contributed by atoms with van der Waals surface area (Å²) in [5.41, 5.74) is -1.29. The molecular formula is C32H48N2O7. The number of ketones is 2. The number of aliphatic hydroxyl groups excluding tert-OH is 1. The third-order valence-electron chi connectivity index (χ3n) is 11.0. The number of hydrogen-bond acceptors (Lipinski definition) is 8. The highest BCUT2D eigenvalue weighted by Gasteiger charge is 2.75. The van der Waals surface area contributed by atoms with Crippen molar-refractivity contribution in [1.82, 2.24) is 10.2 Å². The minimum atomic E-state index is -1.29. The van der Waals surface area contributed by atoms with E-state index in [1.165, 1.54) is 0 Å². The van der Waals surface area contributed by atoms with E-state index in [1.54, 1.807) is 17.1 Å². The van der Waals surface area contributed by atoms with Crippen molar-refractivity contribution in [3.05, 3.63) is 23.8 Å². The Balaban J connectivity index is 1.41. The SMILES string of the molecule is CCCC1OC2CC3C4CCC5=CC(=O)C=CC5(C)C4C(O)CC3(C)C2(C(=O)COC(=O)N(CC)CCNCC)O1. The Labute approximate surface area is 244 Å². The topological polar surface area (TPSA) is 114 Å². The summed E-state index contributed by atoms with van der Waals surface area (Å²) in [5.74, 6) is -0.110. The van der Waals surface area contributed by atoms with Crippen molar-refractivity contribution in [3.63, 3.8) is 0 Å². The Morgan fingerprint density at radius 1 is 1.24 bits per heavy atom. The zero-order valence-electron chi connectivity index (χ0n) is 25.3. The van der Waals surface area contributed by atoms with Crippen LogP contribution in [0.1, 0.15) is 73.1 Å². The van der Waals surface area contributed by atoms with Crippen molar-refractivity contribution in [2.75, 3.05) is 32.8 Å². The zero-order valence-corrected chi connectivity index (χ0v) is 25.3. The third-order valence-corrected chi connectivity index (χ3v) is 11.0. The average molecular weight is 573 g/mol. The van der Waals surface area contributed by atoms with Crippen molar-refractivity contribution in [3.8, 4) is 0 Å². The summed E-state index contributed by atoms with van der Waals surface area (Å²) in [6, 6.07) is 0. The molecule has 0 bridgehead atoms. The number of allylic oxidation sites excluding steroid dienone is 4. The highest BCUT2D eigenvalue weighted by molar-refractivity contribution is 6.01. The molecule has 41 heavy (non-hydrogen) atoms. The van der Waals surface area contributed by atoms with Crippen molar-refractivity contribution in [2.45, 2.75) is 97.2 Å². The van der Waals surface area contributed by atoms with Gasteiger partial charge in [0.1, 0.15) is 0 Å². The number of nitrogens with one attached hydrogen (secondary N) is 1. The molecule has 1 saturated heterocycles. The van der Waals surface area contributed by atoms with Crippen LogP contribution in [0.5, 0.6) is 0 Å². The van der Waals surface area contributed by atoms with Crippen molar-refractivity contribution >= 4 is 17.7 Å². The minimum Gasteiger partial charge on any atom is -0.441 e. The van der Waals surface area contributed by atoms with E-state index in [-0.39, 0.29) is 29.3 Å². The summed E-state index contributed by atoms with van der Waals surface area (Å²) in [6.07, 6.45) is 7.38. The van der Waals surface area contributed by atoms with E-state index in [9.17, 15) is 19.5 Å². The Bertz CT molecular complexity index is 1110. The molecule has 1 amide bonds. The van der Waals surface area contributed by atoms with Crippen LogP contribution in [0.2, 0.25) is 0 Å². The summed E-state index contributed by atoms with van der Waals surface area (Å²) in [6.45, 7) is 12.2. The monoisotopic (exact) mass is 572 g/mol. The van der Waals surface area contributed by atoms with E-state index in [4.69, 9.17) is 14.2 Å². The molecular weight excluding hydrogens is 524 g/mol. The van der Waals surface area contributed by atoms with Gasteiger partial charge in [-0.3, -0.25) is 9.59 Å². The lowest BCUT2D eigenvalue weighted by Crippen LogP contribution is -2.63. The molecule has 0 radical (unpaired) electrons. The van der Waals surface area contributed by atoms with E-state index >= 15 is 0 Å². The molecule has 9 heteroatoms. The fraction of sp³-hybridized carbons (Fsp3) is 0.781. The molecule has 9 nitrogen and oxygen atoms in total. The maximum atomic E-state index is 14.3. The van der Waals surface area contributed by atoms with Gasteiger partial charge in [0.2, 0.25) is 5.78 Å². The standard InChI is InChI=1S/C32H48N2O7/c1-6-9-27-40-26-17-23-22-11-10-20-16-21(35)12-13-30(20,4)28(22)24(36)18-31(23,5)32(26,41-27)25(37)19-39-29(38)34(8-3)15-14-33-7-2/h12-13,16,22-24,26-28,33,36H,6-11,14-15,17-19H2,1-5H3. The number of likely N-dealkylation sites (N-methyl/N-ethyl adjacent to an activating group) is 2. The molecule has 5 rings (SSSR count). The lowest BCUT2D eigenvalue weighted by molar-refractivity contribution is -0.200. The number of aliphatic hydroxyl groups is 1. The summed E-state index contributed by atoms with van der Waals surface area (Å²) < 4.78 is 18.7. The Hall–Kier alpha value is -2.07. The van der Waals surface area contributed by atoms with Crippen LogP contribution in [0.25, 0.3) is 0 Å². The van der Waals surface area contributed by atoms with Crippen LogP contribution < -0.4 is 5.32 Å². The second-order valence-corrected chi connectivity index (χ2v) is 13.1. The van der Waals surface area contributed by atoms with Gasteiger partial charge in [0.15, 0.2) is 24.3 Å². The molecule has 9 unspecified atom stereocenters. The van der Waals surface area contributed by atoms with E-state index < -0.39 is 47.6 Å². The number of amides is 1. The van der Waals surface area contributed by atoms with Crippen LogP contribution in [-0.4, -0.2) is 84.6 Å².